The minimum atomic E-state index is -1.41. The van der Waals surface area contributed by atoms with Crippen LogP contribution in [0.15, 0.2) is 23.2 Å². The van der Waals surface area contributed by atoms with Gasteiger partial charge in [0.2, 0.25) is 5.75 Å². The van der Waals surface area contributed by atoms with E-state index >= 15 is 0 Å². The number of ether oxygens (including phenoxy) is 2. The van der Waals surface area contributed by atoms with E-state index in [9.17, 15) is 19.1 Å². The highest BCUT2D eigenvalue weighted by Crippen LogP contribution is 2.36. The lowest BCUT2D eigenvalue weighted by Crippen LogP contribution is -2.23. The van der Waals surface area contributed by atoms with E-state index in [0.29, 0.717) is 0 Å². The summed E-state index contributed by atoms with van der Waals surface area (Å²) in [5.41, 5.74) is -0.423. The Hall–Kier alpha value is -2.66. The highest BCUT2D eigenvalue weighted by atomic mass is 35.5. The van der Waals surface area contributed by atoms with Crippen molar-refractivity contribution in [3.63, 3.8) is 0 Å². The fourth-order valence-electron chi connectivity index (χ4n) is 1.99. The van der Waals surface area contributed by atoms with Crippen LogP contribution in [0.2, 0.25) is 5.02 Å². The monoisotopic (exact) mass is 403 g/mol. The van der Waals surface area contributed by atoms with Crippen molar-refractivity contribution in [3.8, 4) is 17.4 Å². The lowest BCUT2D eigenvalue weighted by atomic mass is 10.2. The third kappa shape index (κ3) is 4.11. The van der Waals surface area contributed by atoms with E-state index in [0.717, 1.165) is 12.1 Å². The molecular weight excluding hydrogens is 390 g/mol. The second-order valence-corrected chi connectivity index (χ2v) is 6.76. The van der Waals surface area contributed by atoms with Gasteiger partial charge in [0.1, 0.15) is 15.8 Å². The molecule has 1 aromatic carbocycles. The summed E-state index contributed by atoms with van der Waals surface area (Å²) < 4.78 is 23.6. The molecule has 0 bridgehead atoms. The molecule has 0 spiro atoms. The van der Waals surface area contributed by atoms with Gasteiger partial charge in [0.15, 0.2) is 6.10 Å². The maximum absolute atomic E-state index is 11.7. The largest absolute Gasteiger partial charge is 0.479 e. The Morgan fingerprint density at radius 2 is 2.15 bits per heavy atom. The van der Waals surface area contributed by atoms with Crippen LogP contribution in [0.4, 0.5) is 5.69 Å². The lowest BCUT2D eigenvalue weighted by Gasteiger charge is -2.11. The number of nitro benzene ring substituents is 1. The van der Waals surface area contributed by atoms with Crippen LogP contribution in [-0.4, -0.2) is 42.3 Å². The van der Waals surface area contributed by atoms with Crippen molar-refractivity contribution in [3.05, 3.63) is 33.3 Å². The number of carboxylic acid groups (broad SMARTS) is 1. The normalized spacial score (nSPS) is 13.1. The van der Waals surface area contributed by atoms with Crippen molar-refractivity contribution in [2.75, 3.05) is 6.26 Å². The molecule has 1 aromatic heterocycles. The van der Waals surface area contributed by atoms with Crippen LogP contribution >= 0.6 is 11.6 Å². The predicted octanol–water partition coefficient (Wildman–Crippen LogP) is 2.36. The topological polar surface area (TPSA) is 134 Å². The number of hydrogen-bond donors (Lipinski definition) is 1. The van der Waals surface area contributed by atoms with Gasteiger partial charge in [0, 0.05) is 25.4 Å². The predicted molar refractivity (Wildman–Crippen MR) is 91.4 cm³/mol. The molecule has 0 aliphatic carbocycles. The molecule has 0 saturated carbocycles. The quantitative estimate of drug-likeness (QED) is 0.550. The second-order valence-electron chi connectivity index (χ2n) is 5.09. The average Bonchev–Trinajstić information content (AvgIpc) is 2.81. The number of rotatable bonds is 7. The van der Waals surface area contributed by atoms with Gasteiger partial charge in [0.25, 0.3) is 5.88 Å². The number of aliphatic carboxylic acids is 1. The lowest BCUT2D eigenvalue weighted by molar-refractivity contribution is -0.386. The molecule has 140 valence electrons. The van der Waals surface area contributed by atoms with Crippen LogP contribution in [0.3, 0.4) is 0 Å². The molecule has 0 aliphatic heterocycles. The van der Waals surface area contributed by atoms with Crippen molar-refractivity contribution in [1.82, 2.24) is 9.78 Å². The molecule has 26 heavy (non-hydrogen) atoms. The maximum Gasteiger partial charge on any atom is 0.344 e. The number of hydrogen-bond acceptors (Lipinski definition) is 7. The Balaban J connectivity index is 2.39. The average molecular weight is 404 g/mol. The molecule has 10 nitrogen and oxygen atoms in total. The first-order chi connectivity index (χ1) is 12.1. The second kappa shape index (κ2) is 7.70. The summed E-state index contributed by atoms with van der Waals surface area (Å²) in [5.74, 6) is -1.54. The smallest absolute Gasteiger partial charge is 0.344 e. The number of carboxylic acids is 1. The molecular formula is C14H14ClN3O7S. The maximum atomic E-state index is 11.7. The molecule has 0 amide bonds. The highest BCUT2D eigenvalue weighted by molar-refractivity contribution is 7.84. The molecule has 2 atom stereocenters. The molecule has 0 fully saturated rings. The SMILES string of the molecule is CC(Oc1cc(Oc2nn(C)c(S(C)=O)c2Cl)ccc1[N+](=O)[O-])C(=O)O. The van der Waals surface area contributed by atoms with Crippen molar-refractivity contribution in [2.24, 2.45) is 7.05 Å². The third-order valence-corrected chi connectivity index (χ3v) is 4.64. The van der Waals surface area contributed by atoms with Crippen molar-refractivity contribution in [1.29, 1.82) is 0 Å². The van der Waals surface area contributed by atoms with Gasteiger partial charge in [-0.25, -0.2) is 4.79 Å². The van der Waals surface area contributed by atoms with Gasteiger partial charge in [0.05, 0.1) is 15.7 Å². The van der Waals surface area contributed by atoms with E-state index in [-0.39, 0.29) is 27.4 Å². The molecule has 2 aromatic rings. The number of benzene rings is 1. The zero-order valence-corrected chi connectivity index (χ0v) is 15.4. The summed E-state index contributed by atoms with van der Waals surface area (Å²) in [6, 6.07) is 3.55. The fourth-order valence-corrected chi connectivity index (χ4v) is 3.27. The van der Waals surface area contributed by atoms with Crippen LogP contribution in [-0.2, 0) is 22.6 Å². The van der Waals surface area contributed by atoms with E-state index in [1.807, 2.05) is 0 Å². The Labute approximate surface area is 154 Å². The van der Waals surface area contributed by atoms with Crippen LogP contribution in [0.5, 0.6) is 17.4 Å². The van der Waals surface area contributed by atoms with E-state index in [4.69, 9.17) is 26.2 Å². The van der Waals surface area contributed by atoms with Gasteiger partial charge in [-0.15, -0.1) is 5.10 Å². The standard InChI is InChI=1S/C14H14ClN3O7S/c1-7(14(19)20)24-10-6-8(4-5-9(10)18(21)22)25-12-11(15)13(26(3)23)17(2)16-12/h4-7H,1-3H3,(H,19,20). The van der Waals surface area contributed by atoms with Gasteiger partial charge in [-0.3, -0.25) is 19.0 Å². The number of nitro groups is 1. The van der Waals surface area contributed by atoms with Crippen molar-refractivity contribution >= 4 is 34.1 Å². The first kappa shape index (κ1) is 19.7. The van der Waals surface area contributed by atoms with Crippen molar-refractivity contribution < 1.29 is 28.5 Å². The molecule has 0 aliphatic rings. The Kier molecular flexibility index (Phi) is 5.83. The third-order valence-electron chi connectivity index (χ3n) is 3.18. The Morgan fingerprint density at radius 3 is 2.65 bits per heavy atom. The van der Waals surface area contributed by atoms with Crippen LogP contribution in [0, 0.1) is 10.1 Å². The zero-order valence-electron chi connectivity index (χ0n) is 13.8. The highest BCUT2D eigenvalue weighted by Gasteiger charge is 2.23. The molecule has 0 saturated heterocycles. The summed E-state index contributed by atoms with van der Waals surface area (Å²) in [4.78, 5) is 21.3. The number of carbonyl (C=O) groups is 1. The van der Waals surface area contributed by atoms with Crippen LogP contribution in [0.25, 0.3) is 0 Å². The van der Waals surface area contributed by atoms with E-state index in [2.05, 4.69) is 5.10 Å². The summed E-state index contributed by atoms with van der Waals surface area (Å²) in [6.45, 7) is 1.23. The molecule has 1 N–H and O–H groups in total. The first-order valence-electron chi connectivity index (χ1n) is 7.03. The first-order valence-corrected chi connectivity index (χ1v) is 8.97. The molecule has 12 heteroatoms. The molecule has 1 heterocycles. The minimum absolute atomic E-state index is 0.0352. The summed E-state index contributed by atoms with van der Waals surface area (Å²) >= 11 is 6.10. The van der Waals surface area contributed by atoms with Crippen molar-refractivity contribution in [2.45, 2.75) is 18.1 Å². The van der Waals surface area contributed by atoms with E-state index < -0.39 is 33.5 Å². The minimum Gasteiger partial charge on any atom is -0.479 e. The van der Waals surface area contributed by atoms with Gasteiger partial charge >= 0.3 is 11.7 Å². The van der Waals surface area contributed by atoms with Gasteiger partial charge in [-0.05, 0) is 13.0 Å². The van der Waals surface area contributed by atoms with E-state index in [1.165, 1.54) is 31.0 Å². The fraction of sp³-hybridized carbons (Fsp3) is 0.286. The summed E-state index contributed by atoms with van der Waals surface area (Å²) in [6.07, 6.45) is 0.120. The van der Waals surface area contributed by atoms with Gasteiger partial charge in [-0.2, -0.15) is 0 Å². The van der Waals surface area contributed by atoms with Gasteiger partial charge in [-0.1, -0.05) is 11.6 Å². The Morgan fingerprint density at radius 1 is 1.50 bits per heavy atom. The summed E-state index contributed by atoms with van der Waals surface area (Å²) in [5, 5.41) is 24.3. The number of aryl methyl sites for hydroxylation is 1. The molecule has 0 radical (unpaired) electrons. The Bertz CT molecular complexity index is 899. The summed E-state index contributed by atoms with van der Waals surface area (Å²) in [7, 11) is 0.129. The zero-order chi connectivity index (χ0) is 19.6. The van der Waals surface area contributed by atoms with Crippen LogP contribution in [0.1, 0.15) is 6.92 Å². The van der Waals surface area contributed by atoms with Crippen LogP contribution < -0.4 is 9.47 Å². The molecule has 2 unspecified atom stereocenters. The number of halogens is 1. The molecule has 2 rings (SSSR count). The number of nitrogens with zero attached hydrogens (tertiary/aromatic N) is 3. The van der Waals surface area contributed by atoms with Gasteiger partial charge < -0.3 is 14.6 Å². The van der Waals surface area contributed by atoms with E-state index in [1.54, 1.807) is 0 Å². The number of aromatic nitrogens is 2.